The van der Waals surface area contributed by atoms with Gasteiger partial charge in [-0.15, -0.1) is 0 Å². The van der Waals surface area contributed by atoms with Gasteiger partial charge in [-0.2, -0.15) is 0 Å². The fourth-order valence-electron chi connectivity index (χ4n) is 2.53. The van der Waals surface area contributed by atoms with Gasteiger partial charge >= 0.3 is 6.03 Å². The molecule has 1 saturated heterocycles. The van der Waals surface area contributed by atoms with E-state index >= 15 is 0 Å². The van der Waals surface area contributed by atoms with Crippen molar-refractivity contribution < 1.29 is 19.1 Å². The Balaban J connectivity index is 2.03. The highest BCUT2D eigenvalue weighted by atomic mass is 16.5. The number of anilines is 1. The molecule has 0 unspecified atom stereocenters. The highest BCUT2D eigenvalue weighted by molar-refractivity contribution is 6.39. The molecule has 6 heteroatoms. The molecular formula is C19H16N2O4. The predicted molar refractivity (Wildman–Crippen MR) is 93.2 cm³/mol. The lowest BCUT2D eigenvalue weighted by Gasteiger charge is -2.26. The molecule has 1 heterocycles. The van der Waals surface area contributed by atoms with Crippen molar-refractivity contribution in [2.45, 2.75) is 6.92 Å². The summed E-state index contributed by atoms with van der Waals surface area (Å²) in [6.07, 6.45) is 1.42. The van der Waals surface area contributed by atoms with Gasteiger partial charge in [0, 0.05) is 5.56 Å². The zero-order valence-corrected chi connectivity index (χ0v) is 13.8. The number of imide groups is 2. The van der Waals surface area contributed by atoms with Crippen molar-refractivity contribution in [1.29, 1.82) is 0 Å². The van der Waals surface area contributed by atoms with Crippen LogP contribution in [0.5, 0.6) is 5.75 Å². The molecule has 25 heavy (non-hydrogen) atoms. The molecule has 4 amide bonds. The Bertz CT molecular complexity index is 885. The van der Waals surface area contributed by atoms with Crippen LogP contribution in [0.1, 0.15) is 11.1 Å². The van der Waals surface area contributed by atoms with Crippen molar-refractivity contribution in [2.24, 2.45) is 0 Å². The number of hydrogen-bond donors (Lipinski definition) is 1. The Morgan fingerprint density at radius 3 is 2.36 bits per heavy atom. The average molecular weight is 336 g/mol. The smallest absolute Gasteiger partial charge is 0.335 e. The molecule has 0 bridgehead atoms. The minimum atomic E-state index is -0.768. The van der Waals surface area contributed by atoms with Crippen LogP contribution in [0.4, 0.5) is 10.5 Å². The van der Waals surface area contributed by atoms with Gasteiger partial charge in [0.05, 0.1) is 12.8 Å². The third-order valence-electron chi connectivity index (χ3n) is 3.83. The van der Waals surface area contributed by atoms with Gasteiger partial charge in [0.2, 0.25) is 0 Å². The summed E-state index contributed by atoms with van der Waals surface area (Å²) in [6, 6.07) is 13.1. The molecule has 0 radical (unpaired) electrons. The van der Waals surface area contributed by atoms with E-state index in [2.05, 4.69) is 5.32 Å². The average Bonchev–Trinajstić information content (AvgIpc) is 2.60. The fraction of sp³-hybridized carbons (Fsp3) is 0.105. The molecule has 2 aromatic carbocycles. The molecule has 1 aliphatic rings. The van der Waals surface area contributed by atoms with E-state index in [1.165, 1.54) is 13.2 Å². The quantitative estimate of drug-likeness (QED) is 0.691. The van der Waals surface area contributed by atoms with E-state index < -0.39 is 17.8 Å². The molecule has 0 aliphatic carbocycles. The van der Waals surface area contributed by atoms with Gasteiger partial charge in [0.25, 0.3) is 11.8 Å². The second kappa shape index (κ2) is 6.60. The summed E-state index contributed by atoms with van der Waals surface area (Å²) < 4.78 is 5.23. The summed E-state index contributed by atoms with van der Waals surface area (Å²) in [5.74, 6) is -0.887. The molecule has 1 aliphatic heterocycles. The molecule has 126 valence electrons. The first-order chi connectivity index (χ1) is 12.0. The third kappa shape index (κ3) is 3.14. The van der Waals surface area contributed by atoms with Crippen molar-refractivity contribution in [2.75, 3.05) is 12.0 Å². The Hall–Kier alpha value is -3.41. The van der Waals surface area contributed by atoms with Gasteiger partial charge in [0.15, 0.2) is 0 Å². The van der Waals surface area contributed by atoms with E-state index in [0.717, 1.165) is 10.5 Å². The van der Waals surface area contributed by atoms with Crippen LogP contribution < -0.4 is 15.0 Å². The van der Waals surface area contributed by atoms with Crippen molar-refractivity contribution >= 4 is 29.6 Å². The lowest BCUT2D eigenvalue weighted by atomic mass is 10.1. The van der Waals surface area contributed by atoms with Crippen LogP contribution in [0.2, 0.25) is 0 Å². The van der Waals surface area contributed by atoms with Gasteiger partial charge in [-0.3, -0.25) is 14.9 Å². The third-order valence-corrected chi connectivity index (χ3v) is 3.83. The minimum absolute atomic E-state index is 0.135. The van der Waals surface area contributed by atoms with Crippen LogP contribution in [0.3, 0.4) is 0 Å². The number of hydrogen-bond acceptors (Lipinski definition) is 4. The van der Waals surface area contributed by atoms with E-state index in [1.807, 2.05) is 6.92 Å². The predicted octanol–water partition coefficient (Wildman–Crippen LogP) is 2.67. The molecule has 3 rings (SSSR count). The van der Waals surface area contributed by atoms with Crippen molar-refractivity contribution in [3.05, 3.63) is 65.2 Å². The number of nitrogens with one attached hydrogen (secondary N) is 1. The summed E-state index contributed by atoms with van der Waals surface area (Å²) in [6.45, 7) is 1.90. The number of para-hydroxylation sites is 1. The molecule has 1 N–H and O–H groups in total. The number of aryl methyl sites for hydroxylation is 1. The molecule has 0 saturated carbocycles. The zero-order chi connectivity index (χ0) is 18.0. The van der Waals surface area contributed by atoms with Crippen molar-refractivity contribution in [1.82, 2.24) is 5.32 Å². The fourth-order valence-corrected chi connectivity index (χ4v) is 2.53. The zero-order valence-electron chi connectivity index (χ0n) is 13.8. The largest absolute Gasteiger partial charge is 0.496 e. The van der Waals surface area contributed by atoms with E-state index in [0.29, 0.717) is 17.0 Å². The summed E-state index contributed by atoms with van der Waals surface area (Å²) in [4.78, 5) is 38.0. The van der Waals surface area contributed by atoms with E-state index in [9.17, 15) is 14.4 Å². The monoisotopic (exact) mass is 336 g/mol. The lowest BCUT2D eigenvalue weighted by molar-refractivity contribution is -0.122. The Kier molecular flexibility index (Phi) is 4.35. The molecule has 0 aromatic heterocycles. The number of nitrogens with zero attached hydrogens (tertiary/aromatic N) is 1. The molecule has 0 atom stereocenters. The molecule has 2 aromatic rings. The van der Waals surface area contributed by atoms with Gasteiger partial charge in [-0.05, 0) is 31.2 Å². The standard InChI is InChI=1S/C19H16N2O4/c1-12-7-9-14(10-8-12)21-18(23)15(17(22)20-19(21)24)11-13-5-3-4-6-16(13)25-2/h3-11H,1-2H3,(H,20,22,24). The number of carbonyl (C=O) groups excluding carboxylic acids is 3. The topological polar surface area (TPSA) is 75.7 Å². The normalized spacial score (nSPS) is 16.2. The SMILES string of the molecule is COc1ccccc1C=C1C(=O)NC(=O)N(c2ccc(C)cc2)C1=O. The maximum atomic E-state index is 12.8. The maximum absolute atomic E-state index is 12.8. The van der Waals surface area contributed by atoms with Gasteiger partial charge in [-0.1, -0.05) is 35.9 Å². The first kappa shape index (κ1) is 16.4. The highest BCUT2D eigenvalue weighted by Gasteiger charge is 2.36. The maximum Gasteiger partial charge on any atom is 0.335 e. The molecular weight excluding hydrogens is 320 g/mol. The number of benzene rings is 2. The number of methoxy groups -OCH3 is 1. The van der Waals surface area contributed by atoms with E-state index in [-0.39, 0.29) is 5.57 Å². The summed E-state index contributed by atoms with van der Waals surface area (Å²) in [5.41, 5.74) is 1.83. The Morgan fingerprint density at radius 2 is 1.68 bits per heavy atom. The minimum Gasteiger partial charge on any atom is -0.496 e. The van der Waals surface area contributed by atoms with Crippen molar-refractivity contribution in [3.63, 3.8) is 0 Å². The van der Waals surface area contributed by atoms with Crippen LogP contribution in [0, 0.1) is 6.92 Å². The lowest BCUT2D eigenvalue weighted by Crippen LogP contribution is -2.54. The van der Waals surface area contributed by atoms with Gasteiger partial charge < -0.3 is 4.74 Å². The second-order valence-electron chi connectivity index (χ2n) is 5.54. The summed E-state index contributed by atoms with van der Waals surface area (Å²) in [5, 5.41) is 2.20. The summed E-state index contributed by atoms with van der Waals surface area (Å²) >= 11 is 0. The number of ether oxygens (including phenoxy) is 1. The molecule has 6 nitrogen and oxygen atoms in total. The van der Waals surface area contributed by atoms with Crippen LogP contribution in [0.15, 0.2) is 54.1 Å². The number of barbiturate groups is 1. The number of carbonyl (C=O) groups is 3. The first-order valence-corrected chi connectivity index (χ1v) is 7.62. The van der Waals surface area contributed by atoms with E-state index in [1.54, 1.807) is 48.5 Å². The van der Waals surface area contributed by atoms with Crippen LogP contribution in [-0.2, 0) is 9.59 Å². The summed E-state index contributed by atoms with van der Waals surface area (Å²) in [7, 11) is 1.50. The van der Waals surface area contributed by atoms with Gasteiger partial charge in [0.1, 0.15) is 11.3 Å². The van der Waals surface area contributed by atoms with Crippen LogP contribution >= 0.6 is 0 Å². The Labute approximate surface area is 144 Å². The molecule has 0 spiro atoms. The van der Waals surface area contributed by atoms with E-state index in [4.69, 9.17) is 4.74 Å². The molecule has 1 fully saturated rings. The Morgan fingerprint density at radius 1 is 1.00 bits per heavy atom. The first-order valence-electron chi connectivity index (χ1n) is 7.62. The van der Waals surface area contributed by atoms with Crippen LogP contribution in [-0.4, -0.2) is 25.0 Å². The van der Waals surface area contributed by atoms with Gasteiger partial charge in [-0.25, -0.2) is 9.69 Å². The number of rotatable bonds is 3. The van der Waals surface area contributed by atoms with Crippen LogP contribution in [0.25, 0.3) is 6.08 Å². The number of urea groups is 1. The number of amides is 4. The highest BCUT2D eigenvalue weighted by Crippen LogP contribution is 2.25. The second-order valence-corrected chi connectivity index (χ2v) is 5.54. The van der Waals surface area contributed by atoms with Crippen molar-refractivity contribution in [3.8, 4) is 5.75 Å².